The van der Waals surface area contributed by atoms with Crippen LogP contribution in [0.25, 0.3) is 11.3 Å². The van der Waals surface area contributed by atoms with Crippen LogP contribution in [-0.4, -0.2) is 17.6 Å². The number of carbonyl (C=O) groups excluding carboxylic acids is 1. The fourth-order valence-electron chi connectivity index (χ4n) is 3.03. The Hall–Kier alpha value is -2.10. The Morgan fingerprint density at radius 3 is 3.05 bits per heavy atom. The van der Waals surface area contributed by atoms with Gasteiger partial charge in [0.25, 0.3) is 0 Å². The van der Waals surface area contributed by atoms with E-state index in [0.717, 1.165) is 54.0 Å². The molecule has 2 aromatic heterocycles. The largest absolute Gasteiger partial charge is 0.469 e. The van der Waals surface area contributed by atoms with Crippen LogP contribution in [0.2, 0.25) is 0 Å². The van der Waals surface area contributed by atoms with Gasteiger partial charge >= 0.3 is 5.97 Å². The molecule has 0 aliphatic heterocycles. The Kier molecular flexibility index (Phi) is 2.84. The fourth-order valence-corrected chi connectivity index (χ4v) is 3.03. The first-order valence-corrected chi connectivity index (χ1v) is 7.55. The minimum atomic E-state index is -0.243. The predicted molar refractivity (Wildman–Crippen MR) is 77.3 cm³/mol. The van der Waals surface area contributed by atoms with Crippen molar-refractivity contribution >= 4 is 5.97 Å². The first-order valence-electron chi connectivity index (χ1n) is 7.55. The molecule has 108 valence electrons. The van der Waals surface area contributed by atoms with E-state index in [1.54, 1.807) is 6.26 Å². The summed E-state index contributed by atoms with van der Waals surface area (Å²) < 4.78 is 10.7. The highest BCUT2D eigenvalue weighted by Gasteiger charge is 2.33. The van der Waals surface area contributed by atoms with E-state index in [1.807, 2.05) is 19.1 Å². The third-order valence-corrected chi connectivity index (χ3v) is 4.21. The van der Waals surface area contributed by atoms with E-state index < -0.39 is 0 Å². The molecule has 2 aliphatic carbocycles. The van der Waals surface area contributed by atoms with E-state index in [4.69, 9.17) is 14.1 Å². The number of ether oxygens (including phenoxy) is 1. The van der Waals surface area contributed by atoms with Crippen molar-refractivity contribution in [3.63, 3.8) is 0 Å². The van der Waals surface area contributed by atoms with Crippen LogP contribution in [0.4, 0.5) is 0 Å². The molecule has 2 heterocycles. The molecule has 4 rings (SSSR count). The van der Waals surface area contributed by atoms with Gasteiger partial charge in [0.2, 0.25) is 0 Å². The van der Waals surface area contributed by atoms with Crippen molar-refractivity contribution in [2.75, 3.05) is 6.61 Å². The van der Waals surface area contributed by atoms with Gasteiger partial charge in [0, 0.05) is 17.9 Å². The van der Waals surface area contributed by atoms with Crippen molar-refractivity contribution in [2.24, 2.45) is 0 Å². The lowest BCUT2D eigenvalue weighted by Gasteiger charge is -2.18. The quantitative estimate of drug-likeness (QED) is 0.809. The monoisotopic (exact) mass is 283 g/mol. The van der Waals surface area contributed by atoms with Gasteiger partial charge in [-0.2, -0.15) is 0 Å². The number of esters is 1. The highest BCUT2D eigenvalue weighted by molar-refractivity contribution is 5.92. The smallest absolute Gasteiger partial charge is 0.339 e. The summed E-state index contributed by atoms with van der Waals surface area (Å²) >= 11 is 0. The molecule has 0 unspecified atom stereocenters. The highest BCUT2D eigenvalue weighted by Crippen LogP contribution is 2.43. The molecule has 0 saturated heterocycles. The molecule has 0 N–H and O–H groups in total. The maximum absolute atomic E-state index is 12.2. The maximum atomic E-state index is 12.2. The molecule has 4 heteroatoms. The molecule has 4 nitrogen and oxygen atoms in total. The third kappa shape index (κ3) is 2.06. The van der Waals surface area contributed by atoms with Gasteiger partial charge in [0.05, 0.1) is 29.8 Å². The molecule has 0 amide bonds. The Bertz CT molecular complexity index is 713. The number of nitrogens with zero attached hydrogens (tertiary/aromatic N) is 1. The van der Waals surface area contributed by atoms with Gasteiger partial charge in [-0.15, -0.1) is 0 Å². The summed E-state index contributed by atoms with van der Waals surface area (Å²) in [6.07, 6.45) is 5.66. The molecule has 0 bridgehead atoms. The maximum Gasteiger partial charge on any atom is 0.339 e. The molecule has 2 aromatic rings. The second kappa shape index (κ2) is 4.72. The lowest BCUT2D eigenvalue weighted by Crippen LogP contribution is -2.13. The van der Waals surface area contributed by atoms with E-state index in [0.29, 0.717) is 18.1 Å². The van der Waals surface area contributed by atoms with E-state index in [1.165, 1.54) is 0 Å². The topological polar surface area (TPSA) is 52.3 Å². The lowest BCUT2D eigenvalue weighted by molar-refractivity contribution is 0.0524. The highest BCUT2D eigenvalue weighted by atomic mass is 16.5. The number of pyridine rings is 1. The minimum Gasteiger partial charge on any atom is -0.469 e. The van der Waals surface area contributed by atoms with E-state index in [9.17, 15) is 4.79 Å². The summed E-state index contributed by atoms with van der Waals surface area (Å²) in [5.41, 5.74) is 4.75. The first-order chi connectivity index (χ1) is 10.3. The molecule has 0 spiro atoms. The Labute approximate surface area is 123 Å². The van der Waals surface area contributed by atoms with Gasteiger partial charge in [-0.05, 0) is 43.9 Å². The zero-order valence-corrected chi connectivity index (χ0v) is 12.0. The predicted octanol–water partition coefficient (Wildman–Crippen LogP) is 3.49. The Morgan fingerprint density at radius 1 is 1.43 bits per heavy atom. The zero-order chi connectivity index (χ0) is 14.4. The molecule has 0 atom stereocenters. The average Bonchev–Trinajstić information content (AvgIpc) is 3.22. The minimum absolute atomic E-state index is 0.243. The summed E-state index contributed by atoms with van der Waals surface area (Å²) in [6, 6.07) is 3.96. The molecule has 21 heavy (non-hydrogen) atoms. The molecule has 1 fully saturated rings. The molecule has 2 aliphatic rings. The van der Waals surface area contributed by atoms with Crippen LogP contribution in [0.3, 0.4) is 0 Å². The van der Waals surface area contributed by atoms with Crippen molar-refractivity contribution in [3.8, 4) is 11.3 Å². The number of furan rings is 1. The van der Waals surface area contributed by atoms with Crippen molar-refractivity contribution in [1.82, 2.24) is 4.98 Å². The second-order valence-corrected chi connectivity index (χ2v) is 5.68. The zero-order valence-electron chi connectivity index (χ0n) is 12.0. The van der Waals surface area contributed by atoms with Crippen molar-refractivity contribution in [3.05, 3.63) is 41.0 Å². The number of hydrogen-bond acceptors (Lipinski definition) is 4. The number of aryl methyl sites for hydroxylation is 2. The first kappa shape index (κ1) is 12.6. The number of fused-ring (bicyclic) bond motifs is 3. The van der Waals surface area contributed by atoms with Crippen LogP contribution >= 0.6 is 0 Å². The van der Waals surface area contributed by atoms with Gasteiger partial charge < -0.3 is 9.15 Å². The van der Waals surface area contributed by atoms with E-state index in [2.05, 4.69) is 0 Å². The summed E-state index contributed by atoms with van der Waals surface area (Å²) in [5.74, 6) is 1.17. The lowest BCUT2D eigenvalue weighted by atomic mass is 9.92. The molecular formula is C17H17NO3. The number of rotatable bonds is 3. The van der Waals surface area contributed by atoms with Crippen LogP contribution in [0.1, 0.15) is 53.1 Å². The third-order valence-electron chi connectivity index (χ3n) is 4.21. The van der Waals surface area contributed by atoms with Crippen molar-refractivity contribution < 1.29 is 13.9 Å². The number of aromatic nitrogens is 1. The Morgan fingerprint density at radius 2 is 2.29 bits per heavy atom. The van der Waals surface area contributed by atoms with Gasteiger partial charge in [-0.1, -0.05) is 0 Å². The van der Waals surface area contributed by atoms with Crippen molar-refractivity contribution in [2.45, 2.75) is 38.5 Å². The van der Waals surface area contributed by atoms with Crippen LogP contribution in [0, 0.1) is 0 Å². The van der Waals surface area contributed by atoms with Gasteiger partial charge in [-0.3, -0.25) is 4.98 Å². The standard InChI is InChI=1S/C17H17NO3/c1-2-20-17(19)13-9-11-5-6-14-12(7-8-21-14)16(11)18-15(13)10-3-4-10/h7-10H,2-6H2,1H3. The van der Waals surface area contributed by atoms with Gasteiger partial charge in [0.15, 0.2) is 0 Å². The molecule has 1 saturated carbocycles. The SMILES string of the molecule is CCOC(=O)c1cc2c(nc1C1CC1)-c1ccoc1CC2. The van der Waals surface area contributed by atoms with Crippen LogP contribution in [0.15, 0.2) is 22.8 Å². The Balaban J connectivity index is 1.86. The van der Waals surface area contributed by atoms with Gasteiger partial charge in [-0.25, -0.2) is 4.79 Å². The normalized spacial score (nSPS) is 16.2. The van der Waals surface area contributed by atoms with Crippen LogP contribution in [-0.2, 0) is 17.6 Å². The summed E-state index contributed by atoms with van der Waals surface area (Å²) in [4.78, 5) is 17.0. The number of carbonyl (C=O) groups is 1. The number of hydrogen-bond donors (Lipinski definition) is 0. The van der Waals surface area contributed by atoms with Crippen LogP contribution in [0.5, 0.6) is 0 Å². The van der Waals surface area contributed by atoms with E-state index in [-0.39, 0.29) is 5.97 Å². The summed E-state index contributed by atoms with van der Waals surface area (Å²) in [6.45, 7) is 2.23. The second-order valence-electron chi connectivity index (χ2n) is 5.68. The summed E-state index contributed by atoms with van der Waals surface area (Å²) in [7, 11) is 0. The van der Waals surface area contributed by atoms with Crippen molar-refractivity contribution in [1.29, 1.82) is 0 Å². The summed E-state index contributed by atoms with van der Waals surface area (Å²) in [5, 5.41) is 0. The van der Waals surface area contributed by atoms with Gasteiger partial charge in [0.1, 0.15) is 5.76 Å². The fraction of sp³-hybridized carbons (Fsp3) is 0.412. The molecular weight excluding hydrogens is 266 g/mol. The molecule has 0 radical (unpaired) electrons. The van der Waals surface area contributed by atoms with Crippen LogP contribution < -0.4 is 0 Å². The molecule has 0 aromatic carbocycles. The van der Waals surface area contributed by atoms with E-state index >= 15 is 0 Å². The average molecular weight is 283 g/mol.